The lowest BCUT2D eigenvalue weighted by molar-refractivity contribution is 0.316. The van der Waals surface area contributed by atoms with Crippen LogP contribution in [0, 0.1) is 0 Å². The van der Waals surface area contributed by atoms with Gasteiger partial charge in [0.15, 0.2) is 0 Å². The molecule has 0 saturated heterocycles. The predicted molar refractivity (Wildman–Crippen MR) is 66.2 cm³/mol. The van der Waals surface area contributed by atoms with Crippen molar-refractivity contribution in [2.45, 2.75) is 31.8 Å². The lowest BCUT2D eigenvalue weighted by Gasteiger charge is -2.15. The first-order valence-electron chi connectivity index (χ1n) is 6.16. The molecule has 1 aliphatic rings. The maximum Gasteiger partial charge on any atom is 0.0543 e. The monoisotopic (exact) mass is 219 g/mol. The Bertz CT molecular complexity index is 295. The third-order valence-corrected chi connectivity index (χ3v) is 2.89. The quantitative estimate of drug-likeness (QED) is 0.707. The van der Waals surface area contributed by atoms with Crippen molar-refractivity contribution in [1.29, 1.82) is 0 Å². The largest absolute Gasteiger partial charge is 0.314 e. The molecule has 1 aromatic rings. The molecule has 16 heavy (non-hydrogen) atoms. The van der Waals surface area contributed by atoms with E-state index in [1.807, 2.05) is 18.3 Å². The highest BCUT2D eigenvalue weighted by atomic mass is 15.1. The minimum atomic E-state index is 0.834. The van der Waals surface area contributed by atoms with E-state index in [1.165, 1.54) is 19.3 Å². The van der Waals surface area contributed by atoms with Crippen molar-refractivity contribution in [3.05, 3.63) is 30.1 Å². The van der Waals surface area contributed by atoms with E-state index in [-0.39, 0.29) is 0 Å². The molecule has 88 valence electrons. The number of hydrogen-bond donors (Lipinski definition) is 1. The highest BCUT2D eigenvalue weighted by Gasteiger charge is 2.19. The Hall–Kier alpha value is -0.930. The summed E-state index contributed by atoms with van der Waals surface area (Å²) in [4.78, 5) is 6.66. The van der Waals surface area contributed by atoms with Crippen LogP contribution < -0.4 is 5.32 Å². The van der Waals surface area contributed by atoms with Crippen LogP contribution in [-0.4, -0.2) is 36.1 Å². The summed E-state index contributed by atoms with van der Waals surface area (Å²) in [7, 11) is 2.16. The predicted octanol–water partition coefficient (Wildman–Crippen LogP) is 1.66. The third-order valence-electron chi connectivity index (χ3n) is 2.89. The zero-order valence-electron chi connectivity index (χ0n) is 10.0. The summed E-state index contributed by atoms with van der Waals surface area (Å²) in [6, 6.07) is 6.92. The van der Waals surface area contributed by atoms with Gasteiger partial charge in [0.1, 0.15) is 0 Å². The first-order chi connectivity index (χ1) is 7.84. The number of aromatic nitrogens is 1. The van der Waals surface area contributed by atoms with E-state index in [4.69, 9.17) is 0 Å². The summed E-state index contributed by atoms with van der Waals surface area (Å²) in [6.45, 7) is 3.23. The van der Waals surface area contributed by atoms with Crippen molar-refractivity contribution < 1.29 is 0 Å². The van der Waals surface area contributed by atoms with E-state index in [1.54, 1.807) is 0 Å². The van der Waals surface area contributed by atoms with Crippen molar-refractivity contribution in [2.75, 3.05) is 20.1 Å². The van der Waals surface area contributed by atoms with Crippen LogP contribution in [0.1, 0.15) is 25.0 Å². The Kier molecular flexibility index (Phi) is 4.31. The molecule has 1 fully saturated rings. The Morgan fingerprint density at radius 1 is 1.44 bits per heavy atom. The summed E-state index contributed by atoms with van der Waals surface area (Å²) >= 11 is 0. The molecule has 0 aliphatic heterocycles. The van der Waals surface area contributed by atoms with Crippen LogP contribution in [0.2, 0.25) is 0 Å². The maximum atomic E-state index is 4.33. The maximum absolute atomic E-state index is 4.33. The van der Waals surface area contributed by atoms with Crippen LogP contribution in [0.15, 0.2) is 24.4 Å². The second-order valence-electron chi connectivity index (χ2n) is 4.64. The van der Waals surface area contributed by atoms with Crippen LogP contribution in [0.5, 0.6) is 0 Å². The van der Waals surface area contributed by atoms with E-state index in [2.05, 4.69) is 28.3 Å². The van der Waals surface area contributed by atoms with Crippen LogP contribution in [0.4, 0.5) is 0 Å². The lowest BCUT2D eigenvalue weighted by atomic mass is 10.3. The van der Waals surface area contributed by atoms with Gasteiger partial charge in [0.25, 0.3) is 0 Å². The molecule has 0 atom stereocenters. The molecule has 0 aromatic carbocycles. The molecular formula is C13H21N3. The number of nitrogens with one attached hydrogen (secondary N) is 1. The summed E-state index contributed by atoms with van der Waals surface area (Å²) in [5, 5.41) is 3.53. The summed E-state index contributed by atoms with van der Waals surface area (Å²) in [6.07, 6.45) is 5.84. The number of nitrogens with zero attached hydrogens (tertiary/aromatic N) is 2. The van der Waals surface area contributed by atoms with Crippen molar-refractivity contribution >= 4 is 0 Å². The van der Waals surface area contributed by atoms with Crippen molar-refractivity contribution in [1.82, 2.24) is 15.2 Å². The number of rotatable bonds is 7. The average molecular weight is 219 g/mol. The molecule has 1 heterocycles. The Balaban J connectivity index is 1.58. The van der Waals surface area contributed by atoms with Gasteiger partial charge in [0.2, 0.25) is 0 Å². The topological polar surface area (TPSA) is 28.2 Å². The van der Waals surface area contributed by atoms with Gasteiger partial charge in [-0.1, -0.05) is 6.07 Å². The van der Waals surface area contributed by atoms with Gasteiger partial charge >= 0.3 is 0 Å². The van der Waals surface area contributed by atoms with E-state index < -0.39 is 0 Å². The molecule has 0 bridgehead atoms. The second kappa shape index (κ2) is 5.97. The van der Waals surface area contributed by atoms with Gasteiger partial charge < -0.3 is 10.2 Å². The molecule has 2 rings (SSSR count). The highest BCUT2D eigenvalue weighted by Crippen LogP contribution is 2.18. The van der Waals surface area contributed by atoms with E-state index in [0.29, 0.717) is 0 Å². The van der Waals surface area contributed by atoms with E-state index in [9.17, 15) is 0 Å². The lowest BCUT2D eigenvalue weighted by Crippen LogP contribution is -2.25. The zero-order chi connectivity index (χ0) is 11.2. The minimum Gasteiger partial charge on any atom is -0.314 e. The average Bonchev–Trinajstić information content (AvgIpc) is 3.10. The Morgan fingerprint density at radius 3 is 3.00 bits per heavy atom. The smallest absolute Gasteiger partial charge is 0.0543 e. The van der Waals surface area contributed by atoms with Gasteiger partial charge in [-0.3, -0.25) is 4.98 Å². The van der Waals surface area contributed by atoms with Gasteiger partial charge in [0.05, 0.1) is 5.69 Å². The molecule has 0 unspecified atom stereocenters. The summed E-state index contributed by atoms with van der Waals surface area (Å²) in [5.41, 5.74) is 1.15. The first-order valence-corrected chi connectivity index (χ1v) is 6.16. The molecule has 0 spiro atoms. The van der Waals surface area contributed by atoms with E-state index in [0.717, 1.165) is 31.4 Å². The molecule has 1 saturated carbocycles. The van der Waals surface area contributed by atoms with Gasteiger partial charge in [-0.25, -0.2) is 0 Å². The Morgan fingerprint density at radius 2 is 2.31 bits per heavy atom. The minimum absolute atomic E-state index is 0.834. The van der Waals surface area contributed by atoms with E-state index >= 15 is 0 Å². The normalized spacial score (nSPS) is 15.6. The molecule has 1 aromatic heterocycles. The van der Waals surface area contributed by atoms with Crippen LogP contribution >= 0.6 is 0 Å². The van der Waals surface area contributed by atoms with Gasteiger partial charge in [0, 0.05) is 18.8 Å². The fourth-order valence-electron chi connectivity index (χ4n) is 1.79. The second-order valence-corrected chi connectivity index (χ2v) is 4.64. The number of hydrogen-bond acceptors (Lipinski definition) is 3. The first kappa shape index (κ1) is 11.6. The summed E-state index contributed by atoms with van der Waals surface area (Å²) in [5.74, 6) is 0. The van der Waals surface area contributed by atoms with Crippen molar-refractivity contribution in [2.24, 2.45) is 0 Å². The van der Waals surface area contributed by atoms with Gasteiger partial charge in [-0.2, -0.15) is 0 Å². The molecule has 0 radical (unpaired) electrons. The molecular weight excluding hydrogens is 198 g/mol. The fraction of sp³-hybridized carbons (Fsp3) is 0.615. The molecule has 3 heteroatoms. The van der Waals surface area contributed by atoms with Crippen LogP contribution in [0.3, 0.4) is 0 Å². The van der Waals surface area contributed by atoms with Crippen molar-refractivity contribution in [3.63, 3.8) is 0 Å². The molecule has 3 nitrogen and oxygen atoms in total. The SMILES string of the molecule is CN(CCCNC1CC1)Cc1ccccn1. The van der Waals surface area contributed by atoms with Gasteiger partial charge in [-0.05, 0) is 51.5 Å². The molecule has 0 amide bonds. The van der Waals surface area contributed by atoms with Crippen LogP contribution in [-0.2, 0) is 6.54 Å². The molecule has 1 aliphatic carbocycles. The van der Waals surface area contributed by atoms with Crippen LogP contribution in [0.25, 0.3) is 0 Å². The van der Waals surface area contributed by atoms with Gasteiger partial charge in [-0.15, -0.1) is 0 Å². The fourth-order valence-corrected chi connectivity index (χ4v) is 1.79. The summed E-state index contributed by atoms with van der Waals surface area (Å²) < 4.78 is 0. The standard InChI is InChI=1S/C13H21N3/c1-16(10-4-9-14-12-6-7-12)11-13-5-2-3-8-15-13/h2-3,5,8,12,14H,4,6-7,9-11H2,1H3. The third kappa shape index (κ3) is 4.29. The highest BCUT2D eigenvalue weighted by molar-refractivity contribution is 5.02. The zero-order valence-corrected chi connectivity index (χ0v) is 10.0. The molecule has 1 N–H and O–H groups in total. The Labute approximate surface area is 97.9 Å². The number of pyridine rings is 1. The van der Waals surface area contributed by atoms with Crippen molar-refractivity contribution in [3.8, 4) is 0 Å².